The second-order valence-corrected chi connectivity index (χ2v) is 6.70. The van der Waals surface area contributed by atoms with Crippen LogP contribution >= 0.6 is 0 Å². The standard InChI is InChI=1S/C16H27N/c1-11(2)13-8-9-16(4,17-5)15-7-6-12(3)10-14(13)15/h10-11,13-15H,5-9H2,1-4H3/t13-,14+,15+,16-/m1/s1. The van der Waals surface area contributed by atoms with Gasteiger partial charge in [-0.2, -0.15) is 0 Å². The highest BCUT2D eigenvalue weighted by Gasteiger charge is 2.46. The number of allylic oxidation sites excluding steroid dienone is 2. The summed E-state index contributed by atoms with van der Waals surface area (Å²) in [5, 5.41) is 0. The van der Waals surface area contributed by atoms with Crippen molar-refractivity contribution >= 4 is 6.72 Å². The van der Waals surface area contributed by atoms with Gasteiger partial charge < -0.3 is 0 Å². The minimum atomic E-state index is 0.132. The van der Waals surface area contributed by atoms with E-state index < -0.39 is 0 Å². The molecule has 1 saturated carbocycles. The lowest BCUT2D eigenvalue weighted by molar-refractivity contribution is 0.0685. The van der Waals surface area contributed by atoms with E-state index in [2.05, 4.69) is 45.5 Å². The van der Waals surface area contributed by atoms with Crippen molar-refractivity contribution in [1.29, 1.82) is 0 Å². The van der Waals surface area contributed by atoms with Gasteiger partial charge in [0.15, 0.2) is 0 Å². The zero-order valence-electron chi connectivity index (χ0n) is 11.9. The lowest BCUT2D eigenvalue weighted by Gasteiger charge is -2.50. The first-order valence-corrected chi connectivity index (χ1v) is 7.13. The highest BCUT2D eigenvalue weighted by molar-refractivity contribution is 5.28. The maximum atomic E-state index is 4.50. The van der Waals surface area contributed by atoms with E-state index in [9.17, 15) is 0 Å². The summed E-state index contributed by atoms with van der Waals surface area (Å²) in [6, 6.07) is 0. The van der Waals surface area contributed by atoms with Crippen molar-refractivity contribution in [2.75, 3.05) is 0 Å². The fourth-order valence-corrected chi connectivity index (χ4v) is 4.06. The average Bonchev–Trinajstić information content (AvgIpc) is 2.28. The van der Waals surface area contributed by atoms with Crippen LogP contribution in [0.3, 0.4) is 0 Å². The molecule has 1 fully saturated rings. The first-order valence-electron chi connectivity index (χ1n) is 7.13. The van der Waals surface area contributed by atoms with Gasteiger partial charge in [-0.1, -0.05) is 25.5 Å². The fraction of sp³-hybridized carbons (Fsp3) is 0.812. The Morgan fingerprint density at radius 2 is 2.12 bits per heavy atom. The van der Waals surface area contributed by atoms with E-state index in [0.29, 0.717) is 0 Å². The molecule has 0 aromatic rings. The largest absolute Gasteiger partial charge is 0.294 e. The first kappa shape index (κ1) is 12.9. The molecule has 0 heterocycles. The lowest BCUT2D eigenvalue weighted by atomic mass is 9.57. The lowest BCUT2D eigenvalue weighted by Crippen LogP contribution is -2.47. The summed E-state index contributed by atoms with van der Waals surface area (Å²) in [5.74, 6) is 3.11. The Kier molecular flexibility index (Phi) is 3.47. The minimum Gasteiger partial charge on any atom is -0.294 e. The Balaban J connectivity index is 2.32. The molecule has 4 atom stereocenters. The van der Waals surface area contributed by atoms with Crippen molar-refractivity contribution < 1.29 is 0 Å². The molecule has 0 aromatic carbocycles. The van der Waals surface area contributed by atoms with Crippen LogP contribution in [-0.4, -0.2) is 12.3 Å². The van der Waals surface area contributed by atoms with E-state index in [0.717, 1.165) is 23.7 Å². The molecule has 96 valence electrons. The Labute approximate surface area is 106 Å². The molecule has 0 spiro atoms. The quantitative estimate of drug-likeness (QED) is 0.492. The second kappa shape index (κ2) is 4.59. The highest BCUT2D eigenvalue weighted by Crippen LogP contribution is 2.51. The number of nitrogens with zero attached hydrogens (tertiary/aromatic N) is 1. The smallest absolute Gasteiger partial charge is 0.0606 e. The van der Waals surface area contributed by atoms with Crippen molar-refractivity contribution in [2.24, 2.45) is 28.7 Å². The van der Waals surface area contributed by atoms with Gasteiger partial charge in [0.25, 0.3) is 0 Å². The van der Waals surface area contributed by atoms with Crippen molar-refractivity contribution in [3.8, 4) is 0 Å². The summed E-state index contributed by atoms with van der Waals surface area (Å²) < 4.78 is 0. The van der Waals surface area contributed by atoms with Crippen LogP contribution in [0.1, 0.15) is 53.4 Å². The van der Waals surface area contributed by atoms with Crippen molar-refractivity contribution in [3.63, 3.8) is 0 Å². The predicted octanol–water partition coefficient (Wildman–Crippen LogP) is 4.48. The molecule has 2 rings (SSSR count). The van der Waals surface area contributed by atoms with E-state index in [4.69, 9.17) is 0 Å². The van der Waals surface area contributed by atoms with Crippen LogP contribution in [0, 0.1) is 23.7 Å². The Morgan fingerprint density at radius 1 is 1.41 bits per heavy atom. The number of hydrogen-bond acceptors (Lipinski definition) is 1. The molecule has 0 N–H and O–H groups in total. The van der Waals surface area contributed by atoms with Gasteiger partial charge in [-0.15, -0.1) is 0 Å². The van der Waals surface area contributed by atoms with Gasteiger partial charge in [-0.3, -0.25) is 4.99 Å². The van der Waals surface area contributed by atoms with Crippen LogP contribution in [-0.2, 0) is 0 Å². The summed E-state index contributed by atoms with van der Waals surface area (Å²) in [6.07, 6.45) is 7.68. The number of fused-ring (bicyclic) bond motifs is 1. The van der Waals surface area contributed by atoms with Gasteiger partial charge in [-0.25, -0.2) is 0 Å². The van der Waals surface area contributed by atoms with Crippen molar-refractivity contribution in [3.05, 3.63) is 11.6 Å². The number of aliphatic imine (C=N–C) groups is 1. The van der Waals surface area contributed by atoms with Crippen molar-refractivity contribution in [2.45, 2.75) is 58.9 Å². The maximum absolute atomic E-state index is 4.50. The molecule has 17 heavy (non-hydrogen) atoms. The van der Waals surface area contributed by atoms with E-state index in [-0.39, 0.29) is 5.54 Å². The van der Waals surface area contributed by atoms with Crippen molar-refractivity contribution in [1.82, 2.24) is 0 Å². The summed E-state index contributed by atoms with van der Waals surface area (Å²) in [5.41, 5.74) is 1.72. The summed E-state index contributed by atoms with van der Waals surface area (Å²) in [6.45, 7) is 13.2. The topological polar surface area (TPSA) is 12.4 Å². The second-order valence-electron chi connectivity index (χ2n) is 6.70. The molecule has 1 nitrogen and oxygen atoms in total. The minimum absolute atomic E-state index is 0.132. The molecular weight excluding hydrogens is 206 g/mol. The summed E-state index contributed by atoms with van der Waals surface area (Å²) >= 11 is 0. The van der Waals surface area contributed by atoms with Gasteiger partial charge >= 0.3 is 0 Å². The van der Waals surface area contributed by atoms with Crippen LogP contribution in [0.25, 0.3) is 0 Å². The van der Waals surface area contributed by atoms with Gasteiger partial charge in [0.2, 0.25) is 0 Å². The van der Waals surface area contributed by atoms with Crippen LogP contribution in [0.4, 0.5) is 0 Å². The molecule has 2 aliphatic carbocycles. The Hall–Kier alpha value is -0.590. The Morgan fingerprint density at radius 3 is 2.71 bits per heavy atom. The SMILES string of the molecule is C=N[C@]1(C)CC[C@H](C(C)C)[C@@H]2C=C(C)CC[C@@H]21. The van der Waals surface area contributed by atoms with Crippen LogP contribution in [0.2, 0.25) is 0 Å². The summed E-state index contributed by atoms with van der Waals surface area (Å²) in [7, 11) is 0. The molecule has 0 amide bonds. The molecule has 0 bridgehead atoms. The predicted molar refractivity (Wildman–Crippen MR) is 75.5 cm³/mol. The molecule has 0 unspecified atom stereocenters. The molecule has 0 aromatic heterocycles. The molecule has 1 heteroatoms. The Bertz CT molecular complexity index is 328. The van der Waals surface area contributed by atoms with E-state index in [1.54, 1.807) is 5.57 Å². The van der Waals surface area contributed by atoms with Gasteiger partial charge in [0, 0.05) is 0 Å². The third-order valence-electron chi connectivity index (χ3n) is 5.29. The van der Waals surface area contributed by atoms with Gasteiger partial charge in [0.05, 0.1) is 5.54 Å². The summed E-state index contributed by atoms with van der Waals surface area (Å²) in [4.78, 5) is 4.50. The fourth-order valence-electron chi connectivity index (χ4n) is 4.06. The van der Waals surface area contributed by atoms with Gasteiger partial charge in [0.1, 0.15) is 0 Å². The van der Waals surface area contributed by atoms with E-state index in [1.807, 2.05) is 0 Å². The van der Waals surface area contributed by atoms with E-state index >= 15 is 0 Å². The highest BCUT2D eigenvalue weighted by atomic mass is 14.9. The molecule has 2 aliphatic rings. The van der Waals surface area contributed by atoms with Gasteiger partial charge in [-0.05, 0) is 69.9 Å². The number of hydrogen-bond donors (Lipinski definition) is 0. The third-order valence-corrected chi connectivity index (χ3v) is 5.29. The van der Waals surface area contributed by atoms with Crippen LogP contribution in [0.15, 0.2) is 16.6 Å². The third kappa shape index (κ3) is 2.21. The monoisotopic (exact) mass is 233 g/mol. The molecule has 0 aliphatic heterocycles. The zero-order chi connectivity index (χ0) is 12.6. The molecule has 0 saturated heterocycles. The first-order chi connectivity index (χ1) is 7.98. The van der Waals surface area contributed by atoms with Crippen LogP contribution in [0.5, 0.6) is 0 Å². The molecule has 0 radical (unpaired) electrons. The maximum Gasteiger partial charge on any atom is 0.0606 e. The normalized spacial score (nSPS) is 41.9. The number of rotatable bonds is 2. The average molecular weight is 233 g/mol. The zero-order valence-corrected chi connectivity index (χ0v) is 11.9. The van der Waals surface area contributed by atoms with E-state index in [1.165, 1.54) is 25.7 Å². The van der Waals surface area contributed by atoms with Crippen LogP contribution < -0.4 is 0 Å². The molecular formula is C16H27N.